The van der Waals surface area contributed by atoms with Crippen LogP contribution in [0.15, 0.2) is 76.5 Å². The molecule has 0 spiro atoms. The molecule has 2 aromatic carbocycles. The van der Waals surface area contributed by atoms with E-state index in [4.69, 9.17) is 4.63 Å². The van der Waals surface area contributed by atoms with Crippen LogP contribution in [0, 0.1) is 11.7 Å². The molecule has 0 saturated heterocycles. The van der Waals surface area contributed by atoms with Crippen LogP contribution in [0.5, 0.6) is 0 Å². The quantitative estimate of drug-likeness (QED) is 0.297. The normalized spacial score (nSPS) is 11.9. The smallest absolute Gasteiger partial charge is 0.277 e. The molecule has 1 N–H and O–H groups in total. The van der Waals surface area contributed by atoms with E-state index in [1.807, 2.05) is 6.92 Å². The second-order valence-corrected chi connectivity index (χ2v) is 9.07. The zero-order valence-electron chi connectivity index (χ0n) is 21.1. The second kappa shape index (κ2) is 10.7. The van der Waals surface area contributed by atoms with Crippen LogP contribution in [0.4, 0.5) is 10.1 Å². The molecule has 0 aliphatic carbocycles. The zero-order valence-corrected chi connectivity index (χ0v) is 21.1. The van der Waals surface area contributed by atoms with Crippen LogP contribution in [0.2, 0.25) is 0 Å². The number of nitrogens with one attached hydrogen (secondary N) is 1. The zero-order chi connectivity index (χ0) is 27.5. The van der Waals surface area contributed by atoms with Gasteiger partial charge >= 0.3 is 0 Å². The highest BCUT2D eigenvalue weighted by atomic mass is 19.1. The van der Waals surface area contributed by atoms with E-state index in [1.165, 1.54) is 47.4 Å². The Kier molecular flexibility index (Phi) is 7.04. The molecule has 5 aromatic rings. The number of rotatable bonds is 8. The molecule has 196 valence electrons. The van der Waals surface area contributed by atoms with E-state index in [1.54, 1.807) is 31.2 Å². The Morgan fingerprint density at radius 2 is 1.77 bits per heavy atom. The van der Waals surface area contributed by atoms with Gasteiger partial charge in [-0.2, -0.15) is 0 Å². The van der Waals surface area contributed by atoms with Crippen molar-refractivity contribution in [2.45, 2.75) is 26.8 Å². The maximum atomic E-state index is 13.6. The first-order valence-electron chi connectivity index (χ1n) is 12.2. The Morgan fingerprint density at radius 1 is 1.00 bits per heavy atom. The average Bonchev–Trinajstić information content (AvgIpc) is 3.43. The average molecular weight is 527 g/mol. The lowest BCUT2D eigenvalue weighted by Gasteiger charge is -2.16. The number of hydrogen-bond donors (Lipinski definition) is 1. The standard InChI is InChI=1S/C28H23FN6O4/c1-3-16(2)27(37)32-24-14-31-26(19-6-9-22-23(11-19)34-39-33-22)35(28(24)38)15-17-10-20(13-30-12-17)25(36)18-4-7-21(29)8-5-18/h4-14,16H,3,15H2,1-2H3,(H,32,37)/t16-/m1/s1. The van der Waals surface area contributed by atoms with Crippen molar-refractivity contribution >= 4 is 28.4 Å². The number of carbonyl (C=O) groups excluding carboxylic acids is 2. The number of aromatic nitrogens is 5. The predicted molar refractivity (Wildman–Crippen MR) is 141 cm³/mol. The summed E-state index contributed by atoms with van der Waals surface area (Å²) in [5, 5.41) is 10.3. The van der Waals surface area contributed by atoms with Gasteiger partial charge in [0.25, 0.3) is 5.56 Å². The highest BCUT2D eigenvalue weighted by Gasteiger charge is 2.19. The summed E-state index contributed by atoms with van der Waals surface area (Å²) in [6.45, 7) is 3.65. The minimum Gasteiger partial charge on any atom is -0.320 e. The van der Waals surface area contributed by atoms with Crippen molar-refractivity contribution in [3.63, 3.8) is 0 Å². The van der Waals surface area contributed by atoms with E-state index in [9.17, 15) is 18.8 Å². The largest absolute Gasteiger partial charge is 0.320 e. The second-order valence-electron chi connectivity index (χ2n) is 9.07. The molecule has 0 bridgehead atoms. The molecule has 3 heterocycles. The number of anilines is 1. The van der Waals surface area contributed by atoms with Crippen molar-refractivity contribution in [3.05, 3.63) is 100.0 Å². The monoisotopic (exact) mass is 526 g/mol. The van der Waals surface area contributed by atoms with Crippen LogP contribution in [-0.4, -0.2) is 36.5 Å². The molecule has 1 atom stereocenters. The Balaban J connectivity index is 1.56. The van der Waals surface area contributed by atoms with Gasteiger partial charge in [0.15, 0.2) is 5.78 Å². The lowest BCUT2D eigenvalue weighted by atomic mass is 10.0. The molecule has 0 aliphatic rings. The maximum Gasteiger partial charge on any atom is 0.277 e. The van der Waals surface area contributed by atoms with Gasteiger partial charge < -0.3 is 5.32 Å². The fraction of sp³-hybridized carbons (Fsp3) is 0.179. The third-order valence-electron chi connectivity index (χ3n) is 6.38. The molecule has 39 heavy (non-hydrogen) atoms. The number of fused-ring (bicyclic) bond motifs is 1. The summed E-state index contributed by atoms with van der Waals surface area (Å²) in [6, 6.07) is 11.9. The maximum absolute atomic E-state index is 13.6. The fourth-order valence-corrected chi connectivity index (χ4v) is 3.97. The fourth-order valence-electron chi connectivity index (χ4n) is 3.97. The molecule has 11 heteroatoms. The summed E-state index contributed by atoms with van der Waals surface area (Å²) >= 11 is 0. The van der Waals surface area contributed by atoms with Gasteiger partial charge in [-0.05, 0) is 70.8 Å². The highest BCUT2D eigenvalue weighted by molar-refractivity contribution is 6.08. The first kappa shape index (κ1) is 25.6. The van der Waals surface area contributed by atoms with Crippen LogP contribution in [0.25, 0.3) is 22.4 Å². The van der Waals surface area contributed by atoms with Crippen molar-refractivity contribution in [3.8, 4) is 11.4 Å². The molecular weight excluding hydrogens is 503 g/mol. The summed E-state index contributed by atoms with van der Waals surface area (Å²) in [7, 11) is 0. The van der Waals surface area contributed by atoms with E-state index >= 15 is 0 Å². The number of benzene rings is 2. The Hall–Kier alpha value is -5.06. The first-order valence-corrected chi connectivity index (χ1v) is 12.2. The molecule has 0 fully saturated rings. The van der Waals surface area contributed by atoms with Gasteiger partial charge in [0.05, 0.1) is 12.7 Å². The first-order chi connectivity index (χ1) is 18.8. The number of nitrogens with zero attached hydrogens (tertiary/aromatic N) is 5. The number of carbonyl (C=O) groups is 2. The van der Waals surface area contributed by atoms with Crippen molar-refractivity contribution in [1.82, 2.24) is 24.8 Å². The van der Waals surface area contributed by atoms with E-state index in [0.29, 0.717) is 40.0 Å². The van der Waals surface area contributed by atoms with Gasteiger partial charge in [-0.15, -0.1) is 0 Å². The van der Waals surface area contributed by atoms with E-state index in [2.05, 4.69) is 25.6 Å². The Morgan fingerprint density at radius 3 is 2.54 bits per heavy atom. The minimum atomic E-state index is -0.481. The van der Waals surface area contributed by atoms with E-state index in [0.717, 1.165) is 0 Å². The topological polar surface area (TPSA) is 133 Å². The van der Waals surface area contributed by atoms with Gasteiger partial charge in [0.1, 0.15) is 28.4 Å². The molecule has 0 aliphatic heterocycles. The van der Waals surface area contributed by atoms with Crippen LogP contribution < -0.4 is 10.9 Å². The molecule has 0 unspecified atom stereocenters. The summed E-state index contributed by atoms with van der Waals surface area (Å²) in [5.41, 5.74) is 2.27. The number of pyridine rings is 1. The van der Waals surface area contributed by atoms with E-state index in [-0.39, 0.29) is 35.4 Å². The number of hydrogen-bond acceptors (Lipinski definition) is 8. The molecule has 5 rings (SSSR count). The Labute approximate surface area is 221 Å². The van der Waals surface area contributed by atoms with E-state index < -0.39 is 11.4 Å². The molecule has 3 aromatic heterocycles. The highest BCUT2D eigenvalue weighted by Crippen LogP contribution is 2.22. The third kappa shape index (κ3) is 5.33. The molecule has 1 amide bonds. The Bertz CT molecular complexity index is 1750. The van der Waals surface area contributed by atoms with Gasteiger partial charge in [-0.3, -0.25) is 23.9 Å². The predicted octanol–water partition coefficient (Wildman–Crippen LogP) is 4.24. The van der Waals surface area contributed by atoms with Crippen LogP contribution in [0.1, 0.15) is 41.8 Å². The molecular formula is C28H23FN6O4. The van der Waals surface area contributed by atoms with Crippen molar-refractivity contribution in [1.29, 1.82) is 0 Å². The number of ketones is 1. The third-order valence-corrected chi connectivity index (χ3v) is 6.38. The number of halogens is 1. The lowest BCUT2D eigenvalue weighted by Crippen LogP contribution is -2.30. The summed E-state index contributed by atoms with van der Waals surface area (Å²) in [6.07, 6.45) is 4.88. The van der Waals surface area contributed by atoms with Gasteiger partial charge in [0, 0.05) is 35.0 Å². The van der Waals surface area contributed by atoms with Crippen LogP contribution in [-0.2, 0) is 11.3 Å². The summed E-state index contributed by atoms with van der Waals surface area (Å²) in [5.74, 6) is -1.06. The summed E-state index contributed by atoms with van der Waals surface area (Å²) in [4.78, 5) is 47.8. The number of amides is 1. The SMILES string of the molecule is CC[C@@H](C)C(=O)Nc1cnc(-c2ccc3nonc3c2)n(Cc2cncc(C(=O)c3ccc(F)cc3)c2)c1=O. The molecule has 0 radical (unpaired) electrons. The van der Waals surface area contributed by atoms with Crippen molar-refractivity contribution in [2.75, 3.05) is 5.32 Å². The van der Waals surface area contributed by atoms with Crippen molar-refractivity contribution < 1.29 is 18.6 Å². The lowest BCUT2D eigenvalue weighted by molar-refractivity contribution is -0.119. The van der Waals surface area contributed by atoms with Gasteiger partial charge in [-0.1, -0.05) is 13.8 Å². The molecule has 10 nitrogen and oxygen atoms in total. The van der Waals surface area contributed by atoms with Gasteiger partial charge in [0.2, 0.25) is 5.91 Å². The molecule has 0 saturated carbocycles. The van der Waals surface area contributed by atoms with Gasteiger partial charge in [-0.25, -0.2) is 14.0 Å². The summed E-state index contributed by atoms with van der Waals surface area (Å²) < 4.78 is 19.5. The minimum absolute atomic E-state index is 0.000842. The van der Waals surface area contributed by atoms with Crippen LogP contribution in [0.3, 0.4) is 0 Å². The van der Waals surface area contributed by atoms with Crippen molar-refractivity contribution in [2.24, 2.45) is 5.92 Å². The van der Waals surface area contributed by atoms with Crippen LogP contribution >= 0.6 is 0 Å².